The summed E-state index contributed by atoms with van der Waals surface area (Å²) in [7, 11) is 0. The zero-order valence-electron chi connectivity index (χ0n) is 15.8. The molecule has 3 aromatic rings. The maximum atomic E-state index is 12.2. The van der Waals surface area contributed by atoms with Gasteiger partial charge in [-0.05, 0) is 33.6 Å². The molecule has 0 saturated carbocycles. The smallest absolute Gasteiger partial charge is 0.189 e. The molecule has 0 amide bonds. The molecule has 144 valence electrons. The van der Waals surface area contributed by atoms with Crippen LogP contribution < -0.4 is 5.43 Å². The van der Waals surface area contributed by atoms with Crippen LogP contribution in [0.3, 0.4) is 0 Å². The topological polar surface area (TPSA) is 28.5 Å². The van der Waals surface area contributed by atoms with Crippen LogP contribution >= 0.6 is 15.9 Å². The van der Waals surface area contributed by atoms with Gasteiger partial charge in [0.2, 0.25) is 0 Å². The maximum Gasteiger partial charge on any atom is 0.189 e. The Bertz CT molecular complexity index is 1020. The number of hydrogen-bond acceptors (Lipinski definition) is 3. The first kappa shape index (κ1) is 19.1. The summed E-state index contributed by atoms with van der Waals surface area (Å²) in [4.78, 5) is 17.1. The molecule has 0 atom stereocenters. The lowest BCUT2D eigenvalue weighted by molar-refractivity contribution is 0.117. The highest BCUT2D eigenvalue weighted by molar-refractivity contribution is 9.10. The summed E-state index contributed by atoms with van der Waals surface area (Å²) < 4.78 is 3.14. The number of benzene rings is 2. The van der Waals surface area contributed by atoms with E-state index in [1.54, 1.807) is 6.07 Å². The zero-order chi connectivity index (χ0) is 19.3. The molecule has 1 saturated heterocycles. The van der Waals surface area contributed by atoms with Crippen LogP contribution in [0, 0.1) is 0 Å². The third-order valence-corrected chi connectivity index (χ3v) is 5.88. The van der Waals surface area contributed by atoms with E-state index in [9.17, 15) is 4.79 Å². The number of aromatic nitrogens is 1. The minimum absolute atomic E-state index is 0.0718. The van der Waals surface area contributed by atoms with E-state index in [4.69, 9.17) is 0 Å². The summed E-state index contributed by atoms with van der Waals surface area (Å²) in [6, 6.07) is 17.9. The van der Waals surface area contributed by atoms with Crippen LogP contribution in [-0.2, 0) is 6.67 Å². The second-order valence-corrected chi connectivity index (χ2v) is 8.01. The fraction of sp³-hybridized carbons (Fsp3) is 0.261. The van der Waals surface area contributed by atoms with Gasteiger partial charge in [0.15, 0.2) is 5.43 Å². The van der Waals surface area contributed by atoms with Gasteiger partial charge in [0.1, 0.15) is 0 Å². The van der Waals surface area contributed by atoms with Gasteiger partial charge in [-0.1, -0.05) is 48.6 Å². The van der Waals surface area contributed by atoms with E-state index < -0.39 is 0 Å². The van der Waals surface area contributed by atoms with Crippen molar-refractivity contribution in [2.45, 2.75) is 6.67 Å². The number of pyridine rings is 1. The van der Waals surface area contributed by atoms with Crippen LogP contribution in [0.1, 0.15) is 5.56 Å². The molecule has 1 aromatic heterocycles. The largest absolute Gasteiger partial charge is 0.333 e. The van der Waals surface area contributed by atoms with E-state index in [-0.39, 0.29) is 5.43 Å². The molecule has 0 aliphatic carbocycles. The molecule has 0 bridgehead atoms. The number of piperazine rings is 1. The summed E-state index contributed by atoms with van der Waals surface area (Å²) in [5.74, 6) is 0. The summed E-state index contributed by atoms with van der Waals surface area (Å²) in [6.45, 7) is 5.94. The van der Waals surface area contributed by atoms with Crippen molar-refractivity contribution in [3.05, 3.63) is 87.1 Å². The average Bonchev–Trinajstić information content (AvgIpc) is 2.72. The van der Waals surface area contributed by atoms with Gasteiger partial charge in [-0.15, -0.1) is 0 Å². The fourth-order valence-electron chi connectivity index (χ4n) is 3.68. The number of fused-ring (bicyclic) bond motifs is 1. The van der Waals surface area contributed by atoms with E-state index in [2.05, 4.69) is 66.7 Å². The van der Waals surface area contributed by atoms with E-state index in [1.807, 2.05) is 30.5 Å². The Balaban J connectivity index is 1.36. The van der Waals surface area contributed by atoms with Crippen LogP contribution in [-0.4, -0.2) is 47.1 Å². The van der Waals surface area contributed by atoms with Crippen LogP contribution in [0.25, 0.3) is 17.0 Å². The van der Waals surface area contributed by atoms with Crippen molar-refractivity contribution >= 4 is 32.9 Å². The van der Waals surface area contributed by atoms with Gasteiger partial charge >= 0.3 is 0 Å². The number of para-hydroxylation sites is 1. The predicted octanol–water partition coefficient (Wildman–Crippen LogP) is 4.05. The first-order valence-electron chi connectivity index (χ1n) is 9.65. The first-order valence-corrected chi connectivity index (χ1v) is 10.4. The lowest BCUT2D eigenvalue weighted by Crippen LogP contribution is -2.46. The molecule has 1 fully saturated rings. The highest BCUT2D eigenvalue weighted by Crippen LogP contribution is 2.22. The van der Waals surface area contributed by atoms with Crippen molar-refractivity contribution in [1.29, 1.82) is 0 Å². The van der Waals surface area contributed by atoms with Gasteiger partial charge in [-0.2, -0.15) is 0 Å². The summed E-state index contributed by atoms with van der Waals surface area (Å²) in [6.07, 6.45) is 6.35. The van der Waals surface area contributed by atoms with Gasteiger partial charge < -0.3 is 4.57 Å². The molecule has 4 nitrogen and oxygen atoms in total. The van der Waals surface area contributed by atoms with Gasteiger partial charge in [0, 0.05) is 54.8 Å². The summed E-state index contributed by atoms with van der Waals surface area (Å²) in [5.41, 5.74) is 2.29. The third kappa shape index (κ3) is 4.43. The van der Waals surface area contributed by atoms with Crippen LogP contribution in [0.5, 0.6) is 0 Å². The molecular formula is C23H24BrN3O. The lowest BCUT2D eigenvalue weighted by Gasteiger charge is -2.34. The molecule has 0 radical (unpaired) electrons. The fourth-order valence-corrected chi connectivity index (χ4v) is 4.27. The lowest BCUT2D eigenvalue weighted by atomic mass is 10.2. The Morgan fingerprint density at radius 1 is 0.893 bits per heavy atom. The SMILES string of the molecule is O=c1ccn(CN2CCN(C/C=C/c3ccccc3)CC2)c2c(Br)cccc12. The Hall–Kier alpha value is -2.21. The van der Waals surface area contributed by atoms with Crippen LogP contribution in [0.2, 0.25) is 0 Å². The second-order valence-electron chi connectivity index (χ2n) is 7.16. The van der Waals surface area contributed by atoms with Crippen molar-refractivity contribution in [3.8, 4) is 0 Å². The zero-order valence-corrected chi connectivity index (χ0v) is 17.4. The van der Waals surface area contributed by atoms with Gasteiger partial charge in [0.25, 0.3) is 0 Å². The van der Waals surface area contributed by atoms with E-state index in [0.717, 1.165) is 54.8 Å². The standard InChI is InChI=1S/C23H24BrN3O/c24-21-10-4-9-20-22(28)11-13-27(23(20)21)18-26-16-14-25(15-17-26)12-5-8-19-6-2-1-3-7-19/h1-11,13H,12,14-18H2/b8-5+. The molecule has 1 aliphatic heterocycles. The van der Waals surface area contributed by atoms with Gasteiger partial charge in [-0.25, -0.2) is 0 Å². The molecule has 0 unspecified atom stereocenters. The number of nitrogens with zero attached hydrogens (tertiary/aromatic N) is 3. The number of hydrogen-bond donors (Lipinski definition) is 0. The molecule has 1 aliphatic rings. The normalized spacial score (nSPS) is 16.2. The molecular weight excluding hydrogens is 414 g/mol. The molecule has 2 aromatic carbocycles. The van der Waals surface area contributed by atoms with Crippen molar-refractivity contribution in [2.75, 3.05) is 32.7 Å². The first-order chi connectivity index (χ1) is 13.7. The summed E-state index contributed by atoms with van der Waals surface area (Å²) in [5, 5.41) is 0.765. The van der Waals surface area contributed by atoms with E-state index in [1.165, 1.54) is 5.56 Å². The second kappa shape index (κ2) is 8.86. The molecule has 28 heavy (non-hydrogen) atoms. The third-order valence-electron chi connectivity index (χ3n) is 5.24. The van der Waals surface area contributed by atoms with Crippen molar-refractivity contribution in [3.63, 3.8) is 0 Å². The van der Waals surface area contributed by atoms with E-state index >= 15 is 0 Å². The Morgan fingerprint density at radius 2 is 1.64 bits per heavy atom. The van der Waals surface area contributed by atoms with Crippen molar-refractivity contribution in [1.82, 2.24) is 14.4 Å². The average molecular weight is 438 g/mol. The monoisotopic (exact) mass is 437 g/mol. The molecule has 4 rings (SSSR count). The number of rotatable bonds is 5. The van der Waals surface area contributed by atoms with E-state index in [0.29, 0.717) is 0 Å². The molecule has 5 heteroatoms. The van der Waals surface area contributed by atoms with Crippen LogP contribution in [0.4, 0.5) is 0 Å². The molecule has 0 N–H and O–H groups in total. The van der Waals surface area contributed by atoms with Crippen LogP contribution in [0.15, 0.2) is 76.1 Å². The van der Waals surface area contributed by atoms with Crippen molar-refractivity contribution < 1.29 is 0 Å². The highest BCUT2D eigenvalue weighted by Gasteiger charge is 2.17. The van der Waals surface area contributed by atoms with Gasteiger partial charge in [-0.3, -0.25) is 14.6 Å². The van der Waals surface area contributed by atoms with Gasteiger partial charge in [0.05, 0.1) is 12.2 Å². The highest BCUT2D eigenvalue weighted by atomic mass is 79.9. The minimum atomic E-state index is 0.0718. The quantitative estimate of drug-likeness (QED) is 0.602. The molecule has 0 spiro atoms. The minimum Gasteiger partial charge on any atom is -0.333 e. The molecule has 2 heterocycles. The summed E-state index contributed by atoms with van der Waals surface area (Å²) >= 11 is 3.61. The Morgan fingerprint density at radius 3 is 2.43 bits per heavy atom. The number of halogens is 1. The Labute approximate surface area is 173 Å². The maximum absolute atomic E-state index is 12.2. The Kier molecular flexibility index (Phi) is 6.05. The predicted molar refractivity (Wildman–Crippen MR) is 119 cm³/mol. The van der Waals surface area contributed by atoms with Crippen molar-refractivity contribution in [2.24, 2.45) is 0 Å².